The standard InChI is InChI=1S/C7H12N/c1-3-5-7(4-2)6-8/h3-5H2,1-2H3. The summed E-state index contributed by atoms with van der Waals surface area (Å²) in [6.07, 6.45) is 2.99. The minimum atomic E-state index is 0.921. The van der Waals surface area contributed by atoms with E-state index in [4.69, 9.17) is 5.26 Å². The van der Waals surface area contributed by atoms with Crippen molar-refractivity contribution in [3.05, 3.63) is 5.92 Å². The van der Waals surface area contributed by atoms with Crippen molar-refractivity contribution in [3.8, 4) is 6.07 Å². The first-order chi connectivity index (χ1) is 3.85. The Morgan fingerprint density at radius 1 is 1.50 bits per heavy atom. The van der Waals surface area contributed by atoms with Crippen molar-refractivity contribution in [2.24, 2.45) is 0 Å². The van der Waals surface area contributed by atoms with E-state index < -0.39 is 0 Å². The van der Waals surface area contributed by atoms with E-state index in [0.29, 0.717) is 0 Å². The van der Waals surface area contributed by atoms with Crippen LogP contribution >= 0.6 is 0 Å². The fraction of sp³-hybridized carbons (Fsp3) is 0.714. The van der Waals surface area contributed by atoms with Crippen molar-refractivity contribution < 1.29 is 0 Å². The molecule has 0 N–H and O–H groups in total. The zero-order chi connectivity index (χ0) is 6.41. The highest BCUT2D eigenvalue weighted by Gasteiger charge is 2.00. The Morgan fingerprint density at radius 3 is 2.25 bits per heavy atom. The Bertz CT molecular complexity index is 80.9. The number of nitriles is 1. The van der Waals surface area contributed by atoms with Crippen LogP contribution in [0.3, 0.4) is 0 Å². The van der Waals surface area contributed by atoms with Gasteiger partial charge in [-0.2, -0.15) is 5.26 Å². The van der Waals surface area contributed by atoms with E-state index in [2.05, 4.69) is 13.0 Å². The van der Waals surface area contributed by atoms with Gasteiger partial charge in [-0.25, -0.2) is 0 Å². The van der Waals surface area contributed by atoms with Crippen molar-refractivity contribution in [2.45, 2.75) is 33.1 Å². The quantitative estimate of drug-likeness (QED) is 0.546. The second-order valence-corrected chi connectivity index (χ2v) is 1.82. The zero-order valence-electron chi connectivity index (χ0n) is 5.57. The van der Waals surface area contributed by atoms with Gasteiger partial charge in [0.1, 0.15) is 0 Å². The van der Waals surface area contributed by atoms with Crippen molar-refractivity contribution >= 4 is 0 Å². The van der Waals surface area contributed by atoms with Gasteiger partial charge in [0.15, 0.2) is 0 Å². The van der Waals surface area contributed by atoms with Crippen LogP contribution in [0, 0.1) is 17.2 Å². The molecular weight excluding hydrogens is 98.1 g/mol. The molecule has 0 aromatic rings. The summed E-state index contributed by atoms with van der Waals surface area (Å²) >= 11 is 0. The Hall–Kier alpha value is -0.510. The largest absolute Gasteiger partial charge is 0.198 e. The van der Waals surface area contributed by atoms with Gasteiger partial charge in [-0.05, 0) is 12.8 Å². The molecule has 0 aliphatic heterocycles. The lowest BCUT2D eigenvalue weighted by Crippen LogP contribution is -1.88. The first-order valence-electron chi connectivity index (χ1n) is 3.09. The molecule has 0 amide bonds. The number of rotatable bonds is 3. The van der Waals surface area contributed by atoms with Crippen molar-refractivity contribution in [2.75, 3.05) is 0 Å². The molecule has 1 nitrogen and oxygen atoms in total. The van der Waals surface area contributed by atoms with Crippen LogP contribution in [0.2, 0.25) is 0 Å². The molecule has 0 spiro atoms. The molecule has 0 aromatic carbocycles. The minimum absolute atomic E-state index is 0.921. The summed E-state index contributed by atoms with van der Waals surface area (Å²) in [6, 6.07) is 2.17. The van der Waals surface area contributed by atoms with E-state index in [0.717, 1.165) is 25.2 Å². The van der Waals surface area contributed by atoms with Crippen LogP contribution in [0.4, 0.5) is 0 Å². The summed E-state index contributed by atoms with van der Waals surface area (Å²) in [4.78, 5) is 0. The van der Waals surface area contributed by atoms with Gasteiger partial charge in [-0.3, -0.25) is 0 Å². The van der Waals surface area contributed by atoms with Crippen molar-refractivity contribution in [3.63, 3.8) is 0 Å². The molecule has 0 saturated heterocycles. The molecule has 0 rings (SSSR count). The normalized spacial score (nSPS) is 9.25. The number of hydrogen-bond donors (Lipinski definition) is 0. The van der Waals surface area contributed by atoms with Gasteiger partial charge in [-0.15, -0.1) is 0 Å². The van der Waals surface area contributed by atoms with Crippen molar-refractivity contribution in [1.82, 2.24) is 0 Å². The molecule has 0 fully saturated rings. The van der Waals surface area contributed by atoms with E-state index in [1.165, 1.54) is 0 Å². The van der Waals surface area contributed by atoms with Crippen LogP contribution in [0.25, 0.3) is 0 Å². The zero-order valence-corrected chi connectivity index (χ0v) is 5.57. The molecule has 45 valence electrons. The molecule has 0 saturated carbocycles. The van der Waals surface area contributed by atoms with Gasteiger partial charge >= 0.3 is 0 Å². The highest BCUT2D eigenvalue weighted by Crippen LogP contribution is 2.10. The lowest BCUT2D eigenvalue weighted by atomic mass is 10.0. The summed E-state index contributed by atoms with van der Waals surface area (Å²) in [5, 5.41) is 8.37. The minimum Gasteiger partial charge on any atom is -0.198 e. The summed E-state index contributed by atoms with van der Waals surface area (Å²) in [5.41, 5.74) is 0. The summed E-state index contributed by atoms with van der Waals surface area (Å²) in [5.74, 6) is 1.02. The summed E-state index contributed by atoms with van der Waals surface area (Å²) in [6.45, 7) is 4.11. The van der Waals surface area contributed by atoms with Gasteiger partial charge in [-0.1, -0.05) is 20.3 Å². The van der Waals surface area contributed by atoms with Crippen LogP contribution in [-0.2, 0) is 0 Å². The topological polar surface area (TPSA) is 23.8 Å². The molecule has 0 aliphatic rings. The molecule has 1 radical (unpaired) electrons. The summed E-state index contributed by atoms with van der Waals surface area (Å²) < 4.78 is 0. The third-order valence-electron chi connectivity index (χ3n) is 1.14. The van der Waals surface area contributed by atoms with Crippen LogP contribution in [-0.4, -0.2) is 0 Å². The van der Waals surface area contributed by atoms with Gasteiger partial charge in [0, 0.05) is 0 Å². The maximum absolute atomic E-state index is 8.37. The van der Waals surface area contributed by atoms with Gasteiger partial charge in [0.05, 0.1) is 12.0 Å². The third kappa shape index (κ3) is 2.63. The average molecular weight is 110 g/mol. The molecule has 0 bridgehead atoms. The van der Waals surface area contributed by atoms with E-state index in [9.17, 15) is 0 Å². The van der Waals surface area contributed by atoms with Crippen LogP contribution in [0.5, 0.6) is 0 Å². The number of nitrogens with zero attached hydrogens (tertiary/aromatic N) is 1. The summed E-state index contributed by atoms with van der Waals surface area (Å²) in [7, 11) is 0. The fourth-order valence-corrected chi connectivity index (χ4v) is 0.614. The average Bonchev–Trinajstić information content (AvgIpc) is 1.83. The third-order valence-corrected chi connectivity index (χ3v) is 1.14. The highest BCUT2D eigenvalue weighted by molar-refractivity contribution is 5.09. The predicted molar refractivity (Wildman–Crippen MR) is 34.1 cm³/mol. The maximum Gasteiger partial charge on any atom is 0.0757 e. The molecule has 0 aromatic heterocycles. The van der Waals surface area contributed by atoms with Gasteiger partial charge in [0.2, 0.25) is 0 Å². The lowest BCUT2D eigenvalue weighted by Gasteiger charge is -1.98. The van der Waals surface area contributed by atoms with E-state index in [1.807, 2.05) is 6.92 Å². The Labute approximate surface area is 51.3 Å². The molecule has 1 heteroatoms. The molecule has 0 unspecified atom stereocenters. The number of hydrogen-bond acceptors (Lipinski definition) is 1. The fourth-order valence-electron chi connectivity index (χ4n) is 0.614. The van der Waals surface area contributed by atoms with Gasteiger partial charge in [0.25, 0.3) is 0 Å². The Balaban J connectivity index is 3.26. The second-order valence-electron chi connectivity index (χ2n) is 1.82. The molecule has 0 aliphatic carbocycles. The predicted octanol–water partition coefficient (Wildman–Crippen LogP) is 2.29. The lowest BCUT2D eigenvalue weighted by molar-refractivity contribution is 0.790. The highest BCUT2D eigenvalue weighted by atomic mass is 14.3. The first kappa shape index (κ1) is 7.49. The Morgan fingerprint density at radius 2 is 2.12 bits per heavy atom. The van der Waals surface area contributed by atoms with E-state index >= 15 is 0 Å². The molecular formula is C7H12N. The second kappa shape index (κ2) is 4.64. The van der Waals surface area contributed by atoms with Crippen molar-refractivity contribution in [1.29, 1.82) is 5.26 Å². The Kier molecular flexibility index (Phi) is 4.35. The van der Waals surface area contributed by atoms with Crippen LogP contribution < -0.4 is 0 Å². The molecule has 8 heavy (non-hydrogen) atoms. The monoisotopic (exact) mass is 110 g/mol. The smallest absolute Gasteiger partial charge is 0.0757 e. The molecule has 0 heterocycles. The SMILES string of the molecule is CCC[C](C#N)CC. The van der Waals surface area contributed by atoms with Crippen LogP contribution in [0.1, 0.15) is 33.1 Å². The maximum atomic E-state index is 8.37. The van der Waals surface area contributed by atoms with E-state index in [-0.39, 0.29) is 0 Å². The van der Waals surface area contributed by atoms with E-state index in [1.54, 1.807) is 0 Å². The van der Waals surface area contributed by atoms with Gasteiger partial charge < -0.3 is 0 Å². The molecule has 0 atom stereocenters. The first-order valence-corrected chi connectivity index (χ1v) is 3.09. The van der Waals surface area contributed by atoms with Crippen LogP contribution in [0.15, 0.2) is 0 Å².